The van der Waals surface area contributed by atoms with Crippen molar-refractivity contribution in [3.05, 3.63) is 43.0 Å². The molecule has 0 saturated carbocycles. The van der Waals surface area contributed by atoms with E-state index in [-0.39, 0.29) is 0 Å². The van der Waals surface area contributed by atoms with Crippen molar-refractivity contribution in [1.82, 2.24) is 44.8 Å². The van der Waals surface area contributed by atoms with Crippen molar-refractivity contribution in [2.45, 2.75) is 0 Å². The Morgan fingerprint density at radius 3 is 2.90 bits per heavy atom. The van der Waals surface area contributed by atoms with Crippen LogP contribution in [-0.4, -0.2) is 44.8 Å². The lowest BCUT2D eigenvalue weighted by atomic mass is 10.6. The number of nitrogens with zero attached hydrogens (tertiary/aromatic N) is 9. The van der Waals surface area contributed by atoms with Crippen LogP contribution in [0.3, 0.4) is 0 Å². The Balaban J connectivity index is 1.68. The van der Waals surface area contributed by atoms with E-state index in [4.69, 9.17) is 0 Å². The van der Waals surface area contributed by atoms with Crippen LogP contribution in [0.25, 0.3) is 17.1 Å². The molecule has 1 atom stereocenters. The van der Waals surface area contributed by atoms with Gasteiger partial charge < -0.3 is 0 Å². The van der Waals surface area contributed by atoms with Crippen LogP contribution in [0.2, 0.25) is 0 Å². The number of aromatic nitrogens is 9. The fourth-order valence-corrected chi connectivity index (χ4v) is 2.50. The van der Waals surface area contributed by atoms with Gasteiger partial charge in [0, 0.05) is 0 Å². The van der Waals surface area contributed by atoms with Crippen LogP contribution in [0.4, 0.5) is 0 Å². The van der Waals surface area contributed by atoms with Gasteiger partial charge in [-0.05, 0) is 11.9 Å². The molecule has 0 aliphatic heterocycles. The van der Waals surface area contributed by atoms with Crippen LogP contribution in [0, 0.1) is 0 Å². The van der Waals surface area contributed by atoms with Crippen LogP contribution < -0.4 is 0 Å². The van der Waals surface area contributed by atoms with Crippen molar-refractivity contribution in [3.8, 4) is 17.1 Å². The molecule has 0 N–H and O–H groups in total. The highest BCUT2D eigenvalue weighted by molar-refractivity contribution is 7.32. The Morgan fingerprint density at radius 2 is 2.10 bits per heavy atom. The van der Waals surface area contributed by atoms with Gasteiger partial charge in [-0.3, -0.25) is 0 Å². The van der Waals surface area contributed by atoms with E-state index in [0.29, 0.717) is 19.8 Å². The van der Waals surface area contributed by atoms with E-state index in [0.717, 1.165) is 5.42 Å². The first-order chi connectivity index (χ1) is 9.90. The van der Waals surface area contributed by atoms with Crippen LogP contribution in [0.5, 0.6) is 0 Å². The van der Waals surface area contributed by atoms with Crippen LogP contribution >= 0.6 is 8.19 Å². The lowest BCUT2D eigenvalue weighted by Crippen LogP contribution is -1.99. The highest BCUT2D eigenvalue weighted by atomic mass is 31.0. The van der Waals surface area contributed by atoms with Gasteiger partial charge in [0.1, 0.15) is 18.1 Å². The molecule has 0 spiro atoms. The fourth-order valence-electron chi connectivity index (χ4n) is 1.72. The number of hydrogen-bond donors (Lipinski definition) is 0. The van der Waals surface area contributed by atoms with Crippen LogP contribution in [0.1, 0.15) is 0 Å². The van der Waals surface area contributed by atoms with E-state index < -0.39 is 0 Å². The average Bonchev–Trinajstić information content (AvgIpc) is 3.22. The predicted octanol–water partition coefficient (Wildman–Crippen LogP) is 0.460. The van der Waals surface area contributed by atoms with E-state index >= 15 is 0 Å². The van der Waals surface area contributed by atoms with E-state index in [1.54, 1.807) is 28.2 Å². The first kappa shape index (κ1) is 11.1. The molecular formula is C10H8N9P. The monoisotopic (exact) mass is 285 g/mol. The molecule has 4 aromatic rings. The maximum Gasteiger partial charge on any atom is 0.197 e. The minimum Gasteiger partial charge on any atom is -0.223 e. The highest BCUT2D eigenvalue weighted by Crippen LogP contribution is 2.18. The molecule has 0 saturated heterocycles. The molecule has 0 aliphatic carbocycles. The van der Waals surface area contributed by atoms with E-state index in [1.807, 2.05) is 12.1 Å². The van der Waals surface area contributed by atoms with Gasteiger partial charge >= 0.3 is 0 Å². The lowest BCUT2D eigenvalue weighted by Gasteiger charge is -1.93. The topological polar surface area (TPSA) is 92.1 Å². The Bertz CT molecular complexity index is 740. The van der Waals surface area contributed by atoms with E-state index in [2.05, 4.69) is 36.4 Å². The molecule has 0 aliphatic rings. The minimum absolute atomic E-state index is 0.570. The molecule has 0 radical (unpaired) electrons. The van der Waals surface area contributed by atoms with Crippen molar-refractivity contribution in [2.75, 3.05) is 0 Å². The summed E-state index contributed by atoms with van der Waals surface area (Å²) in [5.74, 6) is 3.25. The molecule has 0 bridgehead atoms. The molecule has 0 fully saturated rings. The smallest absolute Gasteiger partial charge is 0.197 e. The molecule has 4 heterocycles. The SMILES string of the molecule is c1c[pH]c(-n2ncc(-n3cc(-n4cncn4)nn3)n2)c1. The summed E-state index contributed by atoms with van der Waals surface area (Å²) in [5, 5.41) is 20.6. The van der Waals surface area contributed by atoms with Gasteiger partial charge in [0.15, 0.2) is 11.6 Å². The molecular weight excluding hydrogens is 277 g/mol. The summed E-state index contributed by atoms with van der Waals surface area (Å²) in [6.07, 6.45) is 6.35. The van der Waals surface area contributed by atoms with E-state index in [1.165, 1.54) is 11.0 Å². The first-order valence-corrected chi connectivity index (χ1v) is 6.82. The van der Waals surface area contributed by atoms with Crippen molar-refractivity contribution in [2.24, 2.45) is 0 Å². The van der Waals surface area contributed by atoms with Gasteiger partial charge in [0.25, 0.3) is 0 Å². The Kier molecular flexibility index (Phi) is 2.43. The second kappa shape index (κ2) is 4.39. The van der Waals surface area contributed by atoms with Gasteiger partial charge in [-0.25, -0.2) is 4.98 Å². The van der Waals surface area contributed by atoms with Crippen molar-refractivity contribution >= 4 is 8.19 Å². The second-order valence-electron chi connectivity index (χ2n) is 3.91. The van der Waals surface area contributed by atoms with Crippen LogP contribution in [0.15, 0.2) is 43.0 Å². The third-order valence-electron chi connectivity index (χ3n) is 2.65. The zero-order chi connectivity index (χ0) is 13.4. The van der Waals surface area contributed by atoms with Gasteiger partial charge in [-0.2, -0.15) is 19.6 Å². The van der Waals surface area contributed by atoms with Gasteiger partial charge in [-0.15, -0.1) is 23.2 Å². The van der Waals surface area contributed by atoms with Crippen molar-refractivity contribution in [1.29, 1.82) is 0 Å². The quantitative estimate of drug-likeness (QED) is 0.543. The molecule has 98 valence electrons. The zero-order valence-corrected chi connectivity index (χ0v) is 11.1. The molecule has 0 amide bonds. The number of hydrogen-bond acceptors (Lipinski definition) is 6. The molecule has 10 heteroatoms. The summed E-state index contributed by atoms with van der Waals surface area (Å²) < 4.78 is 3.07. The largest absolute Gasteiger partial charge is 0.223 e. The summed E-state index contributed by atoms with van der Waals surface area (Å²) in [7, 11) is 0.586. The fraction of sp³-hybridized carbons (Fsp3) is 0. The summed E-state index contributed by atoms with van der Waals surface area (Å²) in [6, 6.07) is 3.99. The lowest BCUT2D eigenvalue weighted by molar-refractivity contribution is 0.725. The maximum atomic E-state index is 4.38. The number of rotatable bonds is 3. The second-order valence-corrected chi connectivity index (χ2v) is 5.04. The van der Waals surface area contributed by atoms with Gasteiger partial charge in [0.2, 0.25) is 0 Å². The Morgan fingerprint density at radius 1 is 1.10 bits per heavy atom. The first-order valence-electron chi connectivity index (χ1n) is 5.74. The molecule has 4 rings (SSSR count). The standard InChI is InChI=1S/C10H8N9P/c1-2-10(20-3-1)19-12-4-8(15-19)17-5-9(14-16-17)18-7-11-6-13-18/h1-7,20H. The van der Waals surface area contributed by atoms with Gasteiger partial charge in [-0.1, -0.05) is 11.3 Å². The Hall–Kier alpha value is -2.80. The van der Waals surface area contributed by atoms with Crippen molar-refractivity contribution in [3.63, 3.8) is 0 Å². The molecule has 9 nitrogen and oxygen atoms in total. The molecule has 4 aromatic heterocycles. The van der Waals surface area contributed by atoms with Crippen LogP contribution in [-0.2, 0) is 0 Å². The Labute approximate surface area is 114 Å². The molecule has 20 heavy (non-hydrogen) atoms. The summed E-state index contributed by atoms with van der Waals surface area (Å²) >= 11 is 0. The third kappa shape index (κ3) is 1.81. The summed E-state index contributed by atoms with van der Waals surface area (Å²) in [5.41, 5.74) is 1.05. The summed E-state index contributed by atoms with van der Waals surface area (Å²) in [4.78, 5) is 5.47. The zero-order valence-electron chi connectivity index (χ0n) is 10.1. The highest BCUT2D eigenvalue weighted by Gasteiger charge is 2.09. The third-order valence-corrected chi connectivity index (χ3v) is 3.67. The average molecular weight is 285 g/mol. The van der Waals surface area contributed by atoms with Crippen molar-refractivity contribution < 1.29 is 0 Å². The summed E-state index contributed by atoms with van der Waals surface area (Å²) in [6.45, 7) is 0. The predicted molar refractivity (Wildman–Crippen MR) is 70.7 cm³/mol. The van der Waals surface area contributed by atoms with Gasteiger partial charge in [0.05, 0.1) is 12.4 Å². The molecule has 1 unspecified atom stereocenters. The molecule has 0 aromatic carbocycles. The normalized spacial score (nSPS) is 11.4. The minimum atomic E-state index is 0.570. The van der Waals surface area contributed by atoms with E-state index in [9.17, 15) is 0 Å². The maximum absolute atomic E-state index is 4.38.